The minimum absolute atomic E-state index is 0.195. The molecule has 0 saturated carbocycles. The Labute approximate surface area is 205 Å². The van der Waals surface area contributed by atoms with Crippen LogP contribution in [0.4, 0.5) is 0 Å². The van der Waals surface area contributed by atoms with Crippen LogP contribution in [-0.4, -0.2) is 5.11 Å². The third-order valence-corrected chi connectivity index (χ3v) is 10.8. The summed E-state index contributed by atoms with van der Waals surface area (Å²) in [5, 5.41) is 16.7. The van der Waals surface area contributed by atoms with Crippen molar-refractivity contribution in [2.75, 3.05) is 0 Å². The molecule has 34 heavy (non-hydrogen) atoms. The molecular formula is C32H36OP+. The number of aromatic hydroxyl groups is 1. The van der Waals surface area contributed by atoms with E-state index >= 15 is 0 Å². The van der Waals surface area contributed by atoms with Crippen molar-refractivity contribution in [3.63, 3.8) is 0 Å². The maximum Gasteiger partial charge on any atom is 0.144 e. The average Bonchev–Trinajstić information content (AvgIpc) is 2.81. The number of hydrogen-bond acceptors (Lipinski definition) is 1. The Morgan fingerprint density at radius 2 is 0.765 bits per heavy atom. The molecule has 0 aliphatic carbocycles. The molecule has 174 valence electrons. The first-order chi connectivity index (χ1) is 16.1. The highest BCUT2D eigenvalue weighted by atomic mass is 31.2. The standard InChI is InChI=1S/C32H35OP/c1-31(2,3)28-22-27(23-29(30(28)33)32(4,5)6)34(24-16-10-7-11-17-24,25-18-12-8-13-19-25)26-20-14-9-15-21-26/h7-23H,1-6H3/p+1. The summed E-state index contributed by atoms with van der Waals surface area (Å²) < 4.78 is 0. The number of rotatable bonds is 4. The maximum absolute atomic E-state index is 11.5. The van der Waals surface area contributed by atoms with Gasteiger partial charge in [-0.05, 0) is 59.4 Å². The summed E-state index contributed by atoms with van der Waals surface area (Å²) in [5.41, 5.74) is 1.61. The molecule has 0 spiro atoms. The molecule has 0 radical (unpaired) electrons. The second-order valence-corrected chi connectivity index (χ2v) is 14.5. The molecule has 1 nitrogen and oxygen atoms in total. The normalized spacial score (nSPS) is 12.5. The lowest BCUT2D eigenvalue weighted by Gasteiger charge is -2.32. The predicted molar refractivity (Wildman–Crippen MR) is 150 cm³/mol. The molecule has 0 aliphatic heterocycles. The van der Waals surface area contributed by atoms with Crippen molar-refractivity contribution in [1.82, 2.24) is 0 Å². The van der Waals surface area contributed by atoms with Crippen molar-refractivity contribution >= 4 is 28.5 Å². The Hall–Kier alpha value is -2.89. The monoisotopic (exact) mass is 467 g/mol. The van der Waals surface area contributed by atoms with Crippen LogP contribution >= 0.6 is 7.26 Å². The van der Waals surface area contributed by atoms with Crippen LogP contribution in [-0.2, 0) is 10.8 Å². The Morgan fingerprint density at radius 3 is 1.03 bits per heavy atom. The molecule has 0 aliphatic rings. The summed E-state index contributed by atoms with van der Waals surface area (Å²) in [6.07, 6.45) is 0. The Morgan fingerprint density at radius 1 is 0.471 bits per heavy atom. The summed E-state index contributed by atoms with van der Waals surface area (Å²) >= 11 is 0. The molecule has 2 heteroatoms. The van der Waals surface area contributed by atoms with Gasteiger partial charge < -0.3 is 5.11 Å². The van der Waals surface area contributed by atoms with Gasteiger partial charge in [0.2, 0.25) is 0 Å². The number of hydrogen-bond donors (Lipinski definition) is 1. The Bertz CT molecular complexity index is 1120. The van der Waals surface area contributed by atoms with E-state index in [-0.39, 0.29) is 10.8 Å². The van der Waals surface area contributed by atoms with Gasteiger partial charge in [-0.25, -0.2) is 0 Å². The van der Waals surface area contributed by atoms with Crippen LogP contribution in [0.5, 0.6) is 5.75 Å². The fraction of sp³-hybridized carbons (Fsp3) is 0.250. The summed E-state index contributed by atoms with van der Waals surface area (Å²) in [7, 11) is -2.23. The van der Waals surface area contributed by atoms with Crippen molar-refractivity contribution in [1.29, 1.82) is 0 Å². The molecule has 4 rings (SSSR count). The third-order valence-electron chi connectivity index (χ3n) is 6.53. The van der Waals surface area contributed by atoms with Gasteiger partial charge >= 0.3 is 0 Å². The first-order valence-electron chi connectivity index (χ1n) is 12.0. The van der Waals surface area contributed by atoms with Crippen molar-refractivity contribution in [2.45, 2.75) is 52.4 Å². The minimum Gasteiger partial charge on any atom is -0.507 e. The highest BCUT2D eigenvalue weighted by molar-refractivity contribution is 8.01. The van der Waals surface area contributed by atoms with Crippen LogP contribution in [0.1, 0.15) is 52.7 Å². The number of phenols is 1. The van der Waals surface area contributed by atoms with Gasteiger partial charge in [0.1, 0.15) is 34.2 Å². The minimum atomic E-state index is -2.23. The molecule has 0 heterocycles. The number of benzene rings is 4. The second-order valence-electron chi connectivity index (χ2n) is 11.1. The van der Waals surface area contributed by atoms with Gasteiger partial charge in [-0.2, -0.15) is 0 Å². The van der Waals surface area contributed by atoms with Gasteiger partial charge in [0, 0.05) is 11.1 Å². The fourth-order valence-corrected chi connectivity index (χ4v) is 9.10. The van der Waals surface area contributed by atoms with Crippen molar-refractivity contribution in [3.05, 3.63) is 114 Å². The van der Waals surface area contributed by atoms with E-state index in [2.05, 4.69) is 145 Å². The second kappa shape index (κ2) is 9.05. The Kier molecular flexibility index (Phi) is 6.45. The lowest BCUT2D eigenvalue weighted by atomic mass is 9.79. The zero-order chi connectivity index (χ0) is 24.6. The summed E-state index contributed by atoms with van der Waals surface area (Å²) in [5.74, 6) is 0.427. The molecule has 0 bridgehead atoms. The van der Waals surface area contributed by atoms with Crippen LogP contribution in [0, 0.1) is 0 Å². The predicted octanol–water partition coefficient (Wildman–Crippen LogP) is 6.61. The molecule has 1 N–H and O–H groups in total. The smallest absolute Gasteiger partial charge is 0.144 e. The molecule has 0 fully saturated rings. The van der Waals surface area contributed by atoms with Crippen LogP contribution < -0.4 is 21.2 Å². The quantitative estimate of drug-likeness (QED) is 0.335. The van der Waals surface area contributed by atoms with E-state index < -0.39 is 7.26 Å². The molecule has 0 saturated heterocycles. The lowest BCUT2D eigenvalue weighted by molar-refractivity contribution is 0.424. The summed E-state index contributed by atoms with van der Waals surface area (Å²) in [6, 6.07) is 37.3. The highest BCUT2D eigenvalue weighted by Crippen LogP contribution is 2.55. The lowest BCUT2D eigenvalue weighted by Crippen LogP contribution is -2.39. The molecule has 4 aromatic rings. The van der Waals surface area contributed by atoms with E-state index in [0.29, 0.717) is 5.75 Å². The molecular weight excluding hydrogens is 431 g/mol. The van der Waals surface area contributed by atoms with Crippen LogP contribution in [0.3, 0.4) is 0 Å². The highest BCUT2D eigenvalue weighted by Gasteiger charge is 2.49. The van der Waals surface area contributed by atoms with Crippen LogP contribution in [0.2, 0.25) is 0 Å². The fourth-order valence-electron chi connectivity index (χ4n) is 4.81. The van der Waals surface area contributed by atoms with Crippen LogP contribution in [0.15, 0.2) is 103 Å². The average molecular weight is 468 g/mol. The molecule has 0 unspecified atom stereocenters. The maximum atomic E-state index is 11.5. The number of phenolic OH excluding ortho intramolecular Hbond substituents is 1. The molecule has 4 aromatic carbocycles. The van der Waals surface area contributed by atoms with Crippen LogP contribution in [0.25, 0.3) is 0 Å². The zero-order valence-corrected chi connectivity index (χ0v) is 22.1. The molecule has 0 aromatic heterocycles. The topological polar surface area (TPSA) is 20.2 Å². The van der Waals surface area contributed by atoms with E-state index in [1.54, 1.807) is 0 Å². The van der Waals surface area contributed by atoms with Crippen molar-refractivity contribution in [2.24, 2.45) is 0 Å². The van der Waals surface area contributed by atoms with Crippen molar-refractivity contribution < 1.29 is 5.11 Å². The summed E-state index contributed by atoms with van der Waals surface area (Å²) in [4.78, 5) is 0. The van der Waals surface area contributed by atoms with Gasteiger partial charge in [0.25, 0.3) is 0 Å². The van der Waals surface area contributed by atoms with E-state index in [0.717, 1.165) is 11.1 Å². The van der Waals surface area contributed by atoms with E-state index in [1.807, 2.05) is 0 Å². The molecule has 0 amide bonds. The first-order valence-corrected chi connectivity index (χ1v) is 13.8. The largest absolute Gasteiger partial charge is 0.507 e. The molecule has 0 atom stereocenters. The van der Waals surface area contributed by atoms with Gasteiger partial charge in [-0.3, -0.25) is 0 Å². The SMILES string of the molecule is CC(C)(C)c1cc([P+](c2ccccc2)(c2ccccc2)c2ccccc2)cc(C(C)(C)C)c1O. The van der Waals surface area contributed by atoms with E-state index in [9.17, 15) is 5.11 Å². The first kappa shape index (κ1) is 24.2. The third kappa shape index (κ3) is 4.30. The summed E-state index contributed by atoms with van der Waals surface area (Å²) in [6.45, 7) is 13.1. The van der Waals surface area contributed by atoms with Gasteiger partial charge in [-0.15, -0.1) is 0 Å². The zero-order valence-electron chi connectivity index (χ0n) is 21.2. The Balaban J connectivity index is 2.23. The van der Waals surface area contributed by atoms with Gasteiger partial charge in [0.15, 0.2) is 0 Å². The van der Waals surface area contributed by atoms with E-state index in [4.69, 9.17) is 0 Å². The van der Waals surface area contributed by atoms with E-state index in [1.165, 1.54) is 21.2 Å². The van der Waals surface area contributed by atoms with Gasteiger partial charge in [-0.1, -0.05) is 96.1 Å². The van der Waals surface area contributed by atoms with Crippen molar-refractivity contribution in [3.8, 4) is 5.75 Å². The van der Waals surface area contributed by atoms with Gasteiger partial charge in [0.05, 0.1) is 0 Å².